The zero-order valence-corrected chi connectivity index (χ0v) is 17.7. The van der Waals surface area contributed by atoms with E-state index in [-0.39, 0.29) is 40.7 Å². The van der Waals surface area contributed by atoms with Crippen LogP contribution in [0.2, 0.25) is 0 Å². The molecule has 2 aromatic rings. The van der Waals surface area contributed by atoms with Crippen LogP contribution in [-0.2, 0) is 9.53 Å². The Morgan fingerprint density at radius 3 is 2.41 bits per heavy atom. The Morgan fingerprint density at radius 1 is 1.03 bits per heavy atom. The first-order valence-electron chi connectivity index (χ1n) is 10.1. The third-order valence-corrected chi connectivity index (χ3v) is 5.60. The van der Waals surface area contributed by atoms with Gasteiger partial charge < -0.3 is 49.6 Å². The third kappa shape index (κ3) is 4.19. The van der Waals surface area contributed by atoms with Gasteiger partial charge in [0.05, 0.1) is 13.5 Å². The van der Waals surface area contributed by atoms with Gasteiger partial charge in [-0.1, -0.05) is 6.07 Å². The molecule has 0 spiro atoms. The fraction of sp³-hybridized carbons (Fsp3) is 0.364. The molecule has 2 aliphatic rings. The van der Waals surface area contributed by atoms with Crippen LogP contribution in [0.5, 0.6) is 28.7 Å². The van der Waals surface area contributed by atoms with Crippen LogP contribution in [0.15, 0.2) is 30.3 Å². The summed E-state index contributed by atoms with van der Waals surface area (Å²) in [5, 5.41) is 59.4. The minimum absolute atomic E-state index is 0.0628. The summed E-state index contributed by atoms with van der Waals surface area (Å²) in [6.45, 7) is 0. The molecular formula is C22H22O12. The second-order valence-corrected chi connectivity index (χ2v) is 7.84. The number of phenols is 2. The minimum Gasteiger partial charge on any atom is -0.508 e. The van der Waals surface area contributed by atoms with Gasteiger partial charge in [0.2, 0.25) is 6.29 Å². The Hall–Kier alpha value is -3.58. The summed E-state index contributed by atoms with van der Waals surface area (Å²) in [5.74, 6) is -2.72. The molecule has 2 heterocycles. The SMILES string of the molecule is COc1ccc(C2CC(=O)c3c(cc(O)cc3O[C@@H]3O[C@H](C(=O)O)[C@@H](O)[C@H](O)[C@H]3O)O2)cc1O. The normalized spacial score (nSPS) is 28.5. The number of Topliss-reactive ketones (excluding diaryl/α,β-unsaturated/α-hetero) is 1. The fourth-order valence-corrected chi connectivity index (χ4v) is 3.87. The first-order valence-corrected chi connectivity index (χ1v) is 10.1. The fourth-order valence-electron chi connectivity index (χ4n) is 3.87. The van der Waals surface area contributed by atoms with Crippen LogP contribution in [0, 0.1) is 0 Å². The van der Waals surface area contributed by atoms with Gasteiger partial charge in [0.15, 0.2) is 23.4 Å². The molecule has 6 N–H and O–H groups in total. The standard InChI is InChI=1S/C22H22O12/c1-31-12-3-2-8(4-10(12)24)13-7-11(25)16-14(32-13)5-9(23)6-15(16)33-22-19(28)17(26)18(27)20(34-22)21(29)30/h2-6,13,17-20,22-24,26-28H,7H2,1H3,(H,29,30)/t13?,17-,18-,19+,20-,22+/m0/s1. The number of hydrogen-bond donors (Lipinski definition) is 6. The maximum absolute atomic E-state index is 13.0. The molecule has 0 bridgehead atoms. The van der Waals surface area contributed by atoms with Crippen LogP contribution >= 0.6 is 0 Å². The van der Waals surface area contributed by atoms with Gasteiger partial charge in [-0.3, -0.25) is 4.79 Å². The number of phenolic OH excluding ortho intramolecular Hbond substituents is 2. The molecule has 0 radical (unpaired) electrons. The van der Waals surface area contributed by atoms with Gasteiger partial charge in [-0.05, 0) is 17.7 Å². The highest BCUT2D eigenvalue weighted by atomic mass is 16.7. The van der Waals surface area contributed by atoms with Crippen molar-refractivity contribution in [3.8, 4) is 28.7 Å². The van der Waals surface area contributed by atoms with Gasteiger partial charge in [-0.25, -0.2) is 4.79 Å². The Labute approximate surface area is 192 Å². The molecule has 4 rings (SSSR count). The average Bonchev–Trinajstić information content (AvgIpc) is 2.78. The van der Waals surface area contributed by atoms with Crippen molar-refractivity contribution in [1.82, 2.24) is 0 Å². The predicted molar refractivity (Wildman–Crippen MR) is 110 cm³/mol. The van der Waals surface area contributed by atoms with Gasteiger partial charge in [0.25, 0.3) is 0 Å². The van der Waals surface area contributed by atoms with Crippen molar-refractivity contribution < 1.29 is 59.2 Å². The molecular weight excluding hydrogens is 456 g/mol. The van der Waals surface area contributed by atoms with Gasteiger partial charge in [-0.2, -0.15) is 0 Å². The number of fused-ring (bicyclic) bond motifs is 1. The summed E-state index contributed by atoms with van der Waals surface area (Å²) in [7, 11) is 1.39. The van der Waals surface area contributed by atoms with Crippen LogP contribution in [0.1, 0.15) is 28.4 Å². The smallest absolute Gasteiger partial charge is 0.335 e. The maximum Gasteiger partial charge on any atom is 0.335 e. The van der Waals surface area contributed by atoms with Crippen molar-refractivity contribution in [3.05, 3.63) is 41.5 Å². The topological polar surface area (TPSA) is 192 Å². The molecule has 182 valence electrons. The van der Waals surface area contributed by atoms with E-state index in [1.54, 1.807) is 6.07 Å². The molecule has 12 heteroatoms. The van der Waals surface area contributed by atoms with Crippen molar-refractivity contribution >= 4 is 11.8 Å². The van der Waals surface area contributed by atoms with E-state index in [1.807, 2.05) is 0 Å². The second kappa shape index (κ2) is 8.99. The van der Waals surface area contributed by atoms with Crippen molar-refractivity contribution in [2.24, 2.45) is 0 Å². The lowest BCUT2D eigenvalue weighted by atomic mass is 9.95. The third-order valence-electron chi connectivity index (χ3n) is 5.60. The zero-order valence-electron chi connectivity index (χ0n) is 17.7. The first-order chi connectivity index (χ1) is 16.1. The summed E-state index contributed by atoms with van der Waals surface area (Å²) in [6.07, 6.45) is -10.4. The van der Waals surface area contributed by atoms with Gasteiger partial charge in [0.1, 0.15) is 47.2 Å². The van der Waals surface area contributed by atoms with E-state index in [0.717, 1.165) is 6.07 Å². The maximum atomic E-state index is 13.0. The highest BCUT2D eigenvalue weighted by Gasteiger charge is 2.48. The summed E-state index contributed by atoms with van der Waals surface area (Å²) in [5.41, 5.74) is 0.366. The number of hydrogen-bond acceptors (Lipinski definition) is 11. The van der Waals surface area contributed by atoms with E-state index in [0.29, 0.717) is 5.56 Å². The monoisotopic (exact) mass is 478 g/mol. The van der Waals surface area contributed by atoms with E-state index in [2.05, 4.69) is 0 Å². The van der Waals surface area contributed by atoms with Crippen molar-refractivity contribution in [3.63, 3.8) is 0 Å². The minimum atomic E-state index is -1.92. The number of carbonyl (C=O) groups excluding carboxylic acids is 1. The number of aliphatic hydroxyl groups excluding tert-OH is 3. The number of ether oxygens (including phenoxy) is 4. The summed E-state index contributed by atoms with van der Waals surface area (Å²) >= 11 is 0. The molecule has 2 aliphatic heterocycles. The van der Waals surface area contributed by atoms with E-state index < -0.39 is 48.6 Å². The Morgan fingerprint density at radius 2 is 1.76 bits per heavy atom. The number of carboxylic acid groups (broad SMARTS) is 1. The molecule has 0 saturated carbocycles. The van der Waals surface area contributed by atoms with Crippen LogP contribution in [-0.4, -0.2) is 80.2 Å². The lowest BCUT2D eigenvalue weighted by Crippen LogP contribution is -2.61. The number of aliphatic carboxylic acids is 1. The number of benzene rings is 2. The van der Waals surface area contributed by atoms with E-state index >= 15 is 0 Å². The average molecular weight is 478 g/mol. The highest BCUT2D eigenvalue weighted by molar-refractivity contribution is 6.02. The number of carboxylic acids is 1. The predicted octanol–water partition coefficient (Wildman–Crippen LogP) is 0.0839. The second-order valence-electron chi connectivity index (χ2n) is 7.84. The summed E-state index contributed by atoms with van der Waals surface area (Å²) < 4.78 is 21.4. The molecule has 0 aliphatic carbocycles. The number of aromatic hydroxyl groups is 2. The van der Waals surface area contributed by atoms with Crippen molar-refractivity contribution in [1.29, 1.82) is 0 Å². The number of carbonyl (C=O) groups is 2. The lowest BCUT2D eigenvalue weighted by molar-refractivity contribution is -0.271. The quantitative estimate of drug-likeness (QED) is 0.340. The van der Waals surface area contributed by atoms with E-state index in [4.69, 9.17) is 18.9 Å². The van der Waals surface area contributed by atoms with E-state index in [1.165, 1.54) is 25.3 Å². The summed E-state index contributed by atoms with van der Waals surface area (Å²) in [6, 6.07) is 6.71. The number of aliphatic hydroxyl groups is 3. The zero-order chi connectivity index (χ0) is 24.7. The van der Waals surface area contributed by atoms with Crippen LogP contribution in [0.3, 0.4) is 0 Å². The lowest BCUT2D eigenvalue weighted by Gasteiger charge is -2.38. The molecule has 6 atom stereocenters. The van der Waals surface area contributed by atoms with Crippen LogP contribution < -0.4 is 14.2 Å². The number of ketones is 1. The molecule has 34 heavy (non-hydrogen) atoms. The molecule has 1 unspecified atom stereocenters. The summed E-state index contributed by atoms with van der Waals surface area (Å²) in [4.78, 5) is 24.3. The van der Waals surface area contributed by atoms with Crippen LogP contribution in [0.25, 0.3) is 0 Å². The Kier molecular flexibility index (Phi) is 6.23. The van der Waals surface area contributed by atoms with E-state index in [9.17, 15) is 40.2 Å². The van der Waals surface area contributed by atoms with Crippen molar-refractivity contribution in [2.75, 3.05) is 7.11 Å². The highest BCUT2D eigenvalue weighted by Crippen LogP contribution is 2.44. The van der Waals surface area contributed by atoms with Gasteiger partial charge >= 0.3 is 5.97 Å². The van der Waals surface area contributed by atoms with Gasteiger partial charge in [-0.15, -0.1) is 0 Å². The molecule has 1 fully saturated rings. The van der Waals surface area contributed by atoms with Gasteiger partial charge in [0, 0.05) is 12.1 Å². The van der Waals surface area contributed by atoms with Crippen LogP contribution in [0.4, 0.5) is 0 Å². The molecule has 12 nitrogen and oxygen atoms in total. The molecule has 1 saturated heterocycles. The Bertz CT molecular complexity index is 1120. The molecule has 2 aromatic carbocycles. The molecule has 0 aromatic heterocycles. The number of rotatable bonds is 5. The number of methoxy groups -OCH3 is 1. The Balaban J connectivity index is 1.64. The van der Waals surface area contributed by atoms with Crippen molar-refractivity contribution in [2.45, 2.75) is 43.2 Å². The molecule has 0 amide bonds. The first kappa shape index (κ1) is 23.6. The largest absolute Gasteiger partial charge is 0.508 e.